The molecule has 5 nitrogen and oxygen atoms in total. The highest BCUT2D eigenvalue weighted by molar-refractivity contribution is 6.43. The molecule has 0 spiro atoms. The molecule has 0 amide bonds. The van der Waals surface area contributed by atoms with Crippen LogP contribution in [0.3, 0.4) is 0 Å². The summed E-state index contributed by atoms with van der Waals surface area (Å²) in [7, 11) is 0. The summed E-state index contributed by atoms with van der Waals surface area (Å²) in [6.07, 6.45) is 0. The van der Waals surface area contributed by atoms with Gasteiger partial charge in [-0.2, -0.15) is 0 Å². The van der Waals surface area contributed by atoms with E-state index in [1.54, 1.807) is 18.2 Å². The van der Waals surface area contributed by atoms with Crippen molar-refractivity contribution in [2.45, 2.75) is 0 Å². The van der Waals surface area contributed by atoms with Crippen LogP contribution in [0.2, 0.25) is 10.0 Å². The molecule has 0 bridgehead atoms. The lowest BCUT2D eigenvalue weighted by atomic mass is 10.1. The van der Waals surface area contributed by atoms with Crippen LogP contribution < -0.4 is 5.32 Å². The SMILES string of the molecule is O=C(CNc1cccc(Cl)c1Cl)c1ccc([N+](=O)[O-])cc1. The van der Waals surface area contributed by atoms with Gasteiger partial charge in [-0.05, 0) is 24.3 Å². The molecule has 0 aliphatic heterocycles. The summed E-state index contributed by atoms with van der Waals surface area (Å²) >= 11 is 11.9. The topological polar surface area (TPSA) is 72.2 Å². The molecule has 7 heteroatoms. The number of carbonyl (C=O) groups excluding carboxylic acids is 1. The maximum atomic E-state index is 12.0. The molecular formula is C14H10Cl2N2O3. The van der Waals surface area contributed by atoms with E-state index in [0.29, 0.717) is 21.3 Å². The number of ketones is 1. The Morgan fingerprint density at radius 2 is 1.81 bits per heavy atom. The largest absolute Gasteiger partial charge is 0.376 e. The van der Waals surface area contributed by atoms with Crippen LogP contribution >= 0.6 is 23.2 Å². The maximum absolute atomic E-state index is 12.0. The number of non-ortho nitro benzene ring substituents is 1. The summed E-state index contributed by atoms with van der Waals surface area (Å²) in [5.41, 5.74) is 0.878. The van der Waals surface area contributed by atoms with Crippen molar-refractivity contribution >= 4 is 40.4 Å². The number of nitrogens with zero attached hydrogens (tertiary/aromatic N) is 1. The highest BCUT2D eigenvalue weighted by Crippen LogP contribution is 2.29. The lowest BCUT2D eigenvalue weighted by Gasteiger charge is -2.08. The first kappa shape index (κ1) is 15.3. The van der Waals surface area contributed by atoms with Crippen LogP contribution in [0.25, 0.3) is 0 Å². The summed E-state index contributed by atoms with van der Waals surface area (Å²) < 4.78 is 0. The van der Waals surface area contributed by atoms with Gasteiger partial charge >= 0.3 is 0 Å². The van der Waals surface area contributed by atoms with Gasteiger partial charge in [0.25, 0.3) is 5.69 Å². The first-order valence-electron chi connectivity index (χ1n) is 5.94. The smallest absolute Gasteiger partial charge is 0.269 e. The minimum absolute atomic E-state index is 0.0118. The van der Waals surface area contributed by atoms with Crippen molar-refractivity contribution in [2.75, 3.05) is 11.9 Å². The van der Waals surface area contributed by atoms with Crippen molar-refractivity contribution in [1.29, 1.82) is 0 Å². The maximum Gasteiger partial charge on any atom is 0.269 e. The molecule has 0 unspecified atom stereocenters. The number of nitro benzene ring substituents is 1. The van der Waals surface area contributed by atoms with E-state index < -0.39 is 4.92 Å². The van der Waals surface area contributed by atoms with Crippen LogP contribution in [0.4, 0.5) is 11.4 Å². The molecule has 21 heavy (non-hydrogen) atoms. The molecule has 0 atom stereocenters. The summed E-state index contributed by atoms with van der Waals surface area (Å²) in [5.74, 6) is -0.207. The second-order valence-corrected chi connectivity index (χ2v) is 4.97. The quantitative estimate of drug-likeness (QED) is 0.508. The Hall–Kier alpha value is -2.11. The zero-order valence-corrected chi connectivity index (χ0v) is 12.2. The van der Waals surface area contributed by atoms with Gasteiger partial charge in [0, 0.05) is 17.7 Å². The number of Topliss-reactive ketones (excluding diaryl/α,β-unsaturated/α-hetero) is 1. The Balaban J connectivity index is 2.04. The second-order valence-electron chi connectivity index (χ2n) is 4.18. The molecular weight excluding hydrogens is 315 g/mol. The molecule has 108 valence electrons. The Morgan fingerprint density at radius 3 is 2.43 bits per heavy atom. The average Bonchev–Trinajstić information content (AvgIpc) is 2.48. The van der Waals surface area contributed by atoms with Gasteiger partial charge in [0.15, 0.2) is 5.78 Å². The molecule has 2 aromatic carbocycles. The first-order chi connectivity index (χ1) is 9.99. The van der Waals surface area contributed by atoms with Crippen molar-refractivity contribution in [3.05, 3.63) is 68.2 Å². The van der Waals surface area contributed by atoms with Crippen LogP contribution in [0.1, 0.15) is 10.4 Å². The lowest BCUT2D eigenvalue weighted by Crippen LogP contribution is -2.14. The summed E-state index contributed by atoms with van der Waals surface area (Å²) in [5, 5.41) is 14.2. The fourth-order valence-electron chi connectivity index (χ4n) is 1.69. The van der Waals surface area contributed by atoms with E-state index in [-0.39, 0.29) is 18.0 Å². The zero-order valence-electron chi connectivity index (χ0n) is 10.7. The molecule has 0 aromatic heterocycles. The molecule has 0 heterocycles. The van der Waals surface area contributed by atoms with Crippen molar-refractivity contribution in [3.63, 3.8) is 0 Å². The standard InChI is InChI=1S/C14H10Cl2N2O3/c15-11-2-1-3-12(14(11)16)17-8-13(19)9-4-6-10(7-5-9)18(20)21/h1-7,17H,8H2. The van der Waals surface area contributed by atoms with Gasteiger partial charge in [-0.15, -0.1) is 0 Å². The number of anilines is 1. The van der Waals surface area contributed by atoms with Gasteiger partial charge < -0.3 is 5.32 Å². The fourth-order valence-corrected chi connectivity index (χ4v) is 2.05. The number of hydrogen-bond acceptors (Lipinski definition) is 4. The van der Waals surface area contributed by atoms with Gasteiger partial charge in [0.2, 0.25) is 0 Å². The number of nitrogens with one attached hydrogen (secondary N) is 1. The van der Waals surface area contributed by atoms with Crippen LogP contribution in [0.15, 0.2) is 42.5 Å². The van der Waals surface area contributed by atoms with Crippen molar-refractivity contribution in [2.24, 2.45) is 0 Å². The van der Waals surface area contributed by atoms with Crippen LogP contribution in [-0.4, -0.2) is 17.3 Å². The molecule has 1 N–H and O–H groups in total. The number of rotatable bonds is 5. The van der Waals surface area contributed by atoms with Gasteiger partial charge in [-0.25, -0.2) is 0 Å². The Morgan fingerprint density at radius 1 is 1.14 bits per heavy atom. The Bertz CT molecular complexity index is 687. The average molecular weight is 325 g/mol. The summed E-state index contributed by atoms with van der Waals surface area (Å²) in [4.78, 5) is 22.0. The molecule has 0 saturated carbocycles. The number of carbonyl (C=O) groups is 1. The van der Waals surface area contributed by atoms with Gasteiger partial charge in [-0.3, -0.25) is 14.9 Å². The van der Waals surface area contributed by atoms with Crippen molar-refractivity contribution in [3.8, 4) is 0 Å². The molecule has 2 aromatic rings. The molecule has 2 rings (SSSR count). The second kappa shape index (κ2) is 6.56. The number of benzene rings is 2. The van der Waals surface area contributed by atoms with Crippen molar-refractivity contribution < 1.29 is 9.72 Å². The molecule has 0 fully saturated rings. The predicted octanol–water partition coefficient (Wildman–Crippen LogP) is 4.20. The third-order valence-electron chi connectivity index (χ3n) is 2.79. The van der Waals surface area contributed by atoms with E-state index in [1.807, 2.05) is 0 Å². The van der Waals surface area contributed by atoms with E-state index in [4.69, 9.17) is 23.2 Å². The summed E-state index contributed by atoms with van der Waals surface area (Å²) in [6.45, 7) is 0.0118. The zero-order chi connectivity index (χ0) is 15.4. The van der Waals surface area contributed by atoms with Gasteiger partial charge in [0.05, 0.1) is 27.2 Å². The minimum Gasteiger partial charge on any atom is -0.376 e. The molecule has 0 aliphatic carbocycles. The highest BCUT2D eigenvalue weighted by Gasteiger charge is 2.10. The summed E-state index contributed by atoms with van der Waals surface area (Å²) in [6, 6.07) is 10.5. The van der Waals surface area contributed by atoms with E-state index >= 15 is 0 Å². The Kier molecular flexibility index (Phi) is 4.77. The van der Waals surface area contributed by atoms with Crippen LogP contribution in [-0.2, 0) is 0 Å². The normalized spacial score (nSPS) is 10.2. The predicted molar refractivity (Wildman–Crippen MR) is 82.4 cm³/mol. The third kappa shape index (κ3) is 3.71. The van der Waals surface area contributed by atoms with Crippen molar-refractivity contribution in [1.82, 2.24) is 0 Å². The number of halogens is 2. The molecule has 0 saturated heterocycles. The van der Waals surface area contributed by atoms with E-state index in [2.05, 4.69) is 5.32 Å². The van der Waals surface area contributed by atoms with Gasteiger partial charge in [0.1, 0.15) is 0 Å². The lowest BCUT2D eigenvalue weighted by molar-refractivity contribution is -0.384. The number of nitro groups is 1. The van der Waals surface area contributed by atoms with Crippen LogP contribution in [0, 0.1) is 10.1 Å². The minimum atomic E-state index is -0.516. The highest BCUT2D eigenvalue weighted by atomic mass is 35.5. The van der Waals surface area contributed by atoms with Gasteiger partial charge in [-0.1, -0.05) is 29.3 Å². The Labute approximate surface area is 130 Å². The molecule has 0 radical (unpaired) electrons. The first-order valence-corrected chi connectivity index (χ1v) is 6.70. The monoisotopic (exact) mass is 324 g/mol. The van der Waals surface area contributed by atoms with E-state index in [1.165, 1.54) is 24.3 Å². The van der Waals surface area contributed by atoms with E-state index in [9.17, 15) is 14.9 Å². The number of hydrogen-bond donors (Lipinski definition) is 1. The fraction of sp³-hybridized carbons (Fsp3) is 0.0714. The third-order valence-corrected chi connectivity index (χ3v) is 3.61. The van der Waals surface area contributed by atoms with Crippen LogP contribution in [0.5, 0.6) is 0 Å². The van der Waals surface area contributed by atoms with E-state index in [0.717, 1.165) is 0 Å². The molecule has 0 aliphatic rings.